The van der Waals surface area contributed by atoms with Crippen LogP contribution >= 0.6 is 0 Å². The molecule has 0 atom stereocenters. The number of hydrogen-bond acceptors (Lipinski definition) is 0. The van der Waals surface area contributed by atoms with Gasteiger partial charge in [0.2, 0.25) is 0 Å². The third-order valence-corrected chi connectivity index (χ3v) is 3.77. The first kappa shape index (κ1) is 8.43. The molecule has 0 spiro atoms. The number of allylic oxidation sites excluding steroid dienone is 1. The summed E-state index contributed by atoms with van der Waals surface area (Å²) < 4.78 is 3.70. The van der Waals surface area contributed by atoms with Gasteiger partial charge in [-0.15, -0.1) is 0 Å². The zero-order valence-corrected chi connectivity index (χ0v) is 7.73. The average molecular weight is 227 g/mol. The van der Waals surface area contributed by atoms with Crippen LogP contribution in [0.1, 0.15) is 20.3 Å². The second-order valence-electron chi connectivity index (χ2n) is 1.80. The summed E-state index contributed by atoms with van der Waals surface area (Å²) in [6, 6.07) is 0. The molecule has 0 aromatic carbocycles. The molecule has 0 aliphatic carbocycles. The van der Waals surface area contributed by atoms with E-state index in [4.69, 9.17) is 0 Å². The standard InChI is InChI=1S/C6H14IN/c1-4-5-7-8-6(2)3/h2,4-5,8H2,1,3H3. The van der Waals surface area contributed by atoms with Crippen LogP contribution in [0, 0.1) is 0 Å². The molecule has 0 heterocycles. The monoisotopic (exact) mass is 227 g/mol. The van der Waals surface area contributed by atoms with Gasteiger partial charge in [-0.05, 0) is 0 Å². The Labute approximate surface area is 62.2 Å². The van der Waals surface area contributed by atoms with E-state index in [1.807, 2.05) is 0 Å². The van der Waals surface area contributed by atoms with Gasteiger partial charge in [0.05, 0.1) is 0 Å². The fourth-order valence-electron chi connectivity index (χ4n) is 0.295. The van der Waals surface area contributed by atoms with Crippen molar-refractivity contribution in [3.63, 3.8) is 0 Å². The zero-order valence-electron chi connectivity index (χ0n) is 5.58. The van der Waals surface area contributed by atoms with Gasteiger partial charge in [0, 0.05) is 0 Å². The van der Waals surface area contributed by atoms with Crippen LogP contribution in [0.2, 0.25) is 0 Å². The number of halogens is 1. The molecular formula is C6H14IN. The Morgan fingerprint density at radius 2 is 2.38 bits per heavy atom. The summed E-state index contributed by atoms with van der Waals surface area (Å²) in [6.07, 6.45) is 1.33. The molecule has 50 valence electrons. The predicted molar refractivity (Wildman–Crippen MR) is 31.9 cm³/mol. The molecule has 2 heteroatoms. The fourth-order valence-corrected chi connectivity index (χ4v) is 1.98. The van der Waals surface area contributed by atoms with E-state index < -0.39 is 0 Å². The molecule has 0 bridgehead atoms. The summed E-state index contributed by atoms with van der Waals surface area (Å²) in [4.78, 5) is 0. The first-order chi connectivity index (χ1) is 3.77. The van der Waals surface area contributed by atoms with Gasteiger partial charge in [0.15, 0.2) is 0 Å². The Morgan fingerprint density at radius 3 is 2.75 bits per heavy atom. The van der Waals surface area contributed by atoms with Gasteiger partial charge < -0.3 is 0 Å². The maximum absolute atomic E-state index is 3.80. The van der Waals surface area contributed by atoms with Crippen molar-refractivity contribution < 1.29 is 25.0 Å². The molecule has 0 rings (SSSR count). The molecule has 0 radical (unpaired) electrons. The Hall–Kier alpha value is 0.430. The molecule has 0 aromatic rings. The minimum atomic E-state index is 0.360. The van der Waals surface area contributed by atoms with E-state index in [0.29, 0.717) is 21.5 Å². The maximum atomic E-state index is 3.80. The molecule has 2 N–H and O–H groups in total. The summed E-state index contributed by atoms with van der Waals surface area (Å²) in [5, 5.41) is 0. The van der Waals surface area contributed by atoms with Crippen LogP contribution in [0.3, 0.4) is 0 Å². The molecule has 0 aliphatic heterocycles. The molecule has 8 heavy (non-hydrogen) atoms. The second-order valence-corrected chi connectivity index (χ2v) is 4.38. The molecule has 0 aliphatic rings. The summed E-state index contributed by atoms with van der Waals surface area (Å²) in [5.74, 6) is 0. The fraction of sp³-hybridized carbons (Fsp3) is 0.667. The van der Waals surface area contributed by atoms with Crippen molar-refractivity contribution in [3.05, 3.63) is 12.3 Å². The van der Waals surface area contributed by atoms with Gasteiger partial charge in [-0.2, -0.15) is 0 Å². The van der Waals surface area contributed by atoms with Crippen LogP contribution < -0.4 is 25.0 Å². The van der Waals surface area contributed by atoms with E-state index >= 15 is 0 Å². The van der Waals surface area contributed by atoms with Crippen molar-refractivity contribution in [1.29, 1.82) is 0 Å². The van der Waals surface area contributed by atoms with Crippen molar-refractivity contribution in [2.24, 2.45) is 0 Å². The van der Waals surface area contributed by atoms with E-state index in [9.17, 15) is 0 Å². The Bertz CT molecular complexity index is 70.9. The summed E-state index contributed by atoms with van der Waals surface area (Å²) >= 11 is 0.360. The summed E-state index contributed by atoms with van der Waals surface area (Å²) in [6.45, 7) is 8.09. The van der Waals surface area contributed by atoms with E-state index in [1.54, 1.807) is 0 Å². The number of quaternary nitrogens is 1. The number of rotatable bonds is 4. The van der Waals surface area contributed by atoms with Gasteiger partial charge in [0.25, 0.3) is 0 Å². The van der Waals surface area contributed by atoms with E-state index in [2.05, 4.69) is 24.0 Å². The van der Waals surface area contributed by atoms with Crippen molar-refractivity contribution >= 4 is 0 Å². The molecule has 0 amide bonds. The van der Waals surface area contributed by atoms with Gasteiger partial charge in [-0.3, -0.25) is 0 Å². The molecule has 1 nitrogen and oxygen atoms in total. The van der Waals surface area contributed by atoms with E-state index in [1.165, 1.54) is 16.5 Å². The van der Waals surface area contributed by atoms with Gasteiger partial charge in [0.1, 0.15) is 0 Å². The summed E-state index contributed by atoms with van der Waals surface area (Å²) in [7, 11) is 0. The molecule has 0 fully saturated rings. The molecule has 0 saturated carbocycles. The zero-order chi connectivity index (χ0) is 6.41. The Kier molecular flexibility index (Phi) is 5.86. The predicted octanol–water partition coefficient (Wildman–Crippen LogP) is -2.50. The van der Waals surface area contributed by atoms with Crippen LogP contribution in [-0.4, -0.2) is 4.43 Å². The van der Waals surface area contributed by atoms with Gasteiger partial charge >= 0.3 is 62.0 Å². The third kappa shape index (κ3) is 6.43. The van der Waals surface area contributed by atoms with Gasteiger partial charge in [-0.25, -0.2) is 0 Å². The second kappa shape index (κ2) is 5.56. The third-order valence-electron chi connectivity index (χ3n) is 0.562. The van der Waals surface area contributed by atoms with Crippen LogP contribution in [0.5, 0.6) is 0 Å². The van der Waals surface area contributed by atoms with Crippen molar-refractivity contribution in [2.75, 3.05) is 4.43 Å². The topological polar surface area (TPSA) is 16.6 Å². The van der Waals surface area contributed by atoms with Gasteiger partial charge in [-0.1, -0.05) is 0 Å². The molecular weight excluding hydrogens is 213 g/mol. The van der Waals surface area contributed by atoms with Crippen LogP contribution in [-0.2, 0) is 0 Å². The van der Waals surface area contributed by atoms with Crippen LogP contribution in [0.4, 0.5) is 0 Å². The SMILES string of the molecule is C=C(C)[NH2+][I-]CCC. The van der Waals surface area contributed by atoms with Crippen molar-refractivity contribution in [3.8, 4) is 0 Å². The Balaban J connectivity index is 2.82. The quantitative estimate of drug-likeness (QED) is 0.236. The molecule has 0 aromatic heterocycles. The molecule has 0 saturated heterocycles. The van der Waals surface area contributed by atoms with E-state index in [0.717, 1.165) is 0 Å². The minimum absolute atomic E-state index is 0.360. The van der Waals surface area contributed by atoms with Crippen LogP contribution in [0.25, 0.3) is 0 Å². The van der Waals surface area contributed by atoms with Crippen LogP contribution in [0.15, 0.2) is 12.3 Å². The average Bonchev–Trinajstić information content (AvgIpc) is 1.66. The van der Waals surface area contributed by atoms with Crippen molar-refractivity contribution in [1.82, 2.24) is 0 Å². The number of alkyl halides is 1. The number of nitrogens with two attached hydrogens (primary N) is 1. The Morgan fingerprint density at radius 1 is 1.75 bits per heavy atom. The molecule has 0 unspecified atom stereocenters. The normalized spacial score (nSPS) is 9.75. The van der Waals surface area contributed by atoms with Crippen molar-refractivity contribution in [2.45, 2.75) is 20.3 Å². The first-order valence-electron chi connectivity index (χ1n) is 2.83. The summed E-state index contributed by atoms with van der Waals surface area (Å²) in [5.41, 5.74) is 1.24. The van der Waals surface area contributed by atoms with E-state index in [-0.39, 0.29) is 0 Å². The first-order valence-corrected chi connectivity index (χ1v) is 5.61. The number of hydrogen-bond donors (Lipinski definition) is 1.